The maximum absolute atomic E-state index is 14.6. The van der Waals surface area contributed by atoms with E-state index < -0.39 is 11.5 Å². The number of rotatable bonds is 8. The van der Waals surface area contributed by atoms with Crippen LogP contribution in [0, 0.1) is 17.7 Å². The number of β-amino-alcohol motifs (C(OH)–C–C–N with tert-alkyl or cyclic N) is 1. The van der Waals surface area contributed by atoms with Crippen LogP contribution in [-0.2, 0) is 16.7 Å². The van der Waals surface area contributed by atoms with Crippen molar-refractivity contribution in [2.45, 2.75) is 69.2 Å². The number of amides is 1. The van der Waals surface area contributed by atoms with Crippen LogP contribution in [0.25, 0.3) is 0 Å². The first-order valence-corrected chi connectivity index (χ1v) is 13.7. The van der Waals surface area contributed by atoms with Gasteiger partial charge in [0.25, 0.3) is 0 Å². The second kappa shape index (κ2) is 11.1. The predicted molar refractivity (Wildman–Crippen MR) is 141 cm³/mol. The van der Waals surface area contributed by atoms with Gasteiger partial charge in [0.05, 0.1) is 6.10 Å². The predicted octanol–water partition coefficient (Wildman–Crippen LogP) is 4.30. The number of aliphatic hydroxyl groups is 1. The maximum Gasteiger partial charge on any atom is 0.404 e. The number of carbonyl (C=O) groups excluding carboxylic acids is 1. The molecule has 2 heterocycles. The summed E-state index contributed by atoms with van der Waals surface area (Å²) in [6.07, 6.45) is 3.29. The van der Waals surface area contributed by atoms with E-state index in [1.165, 1.54) is 11.6 Å². The molecule has 4 atom stereocenters. The fraction of sp³-hybridized carbons (Fsp3) is 0.567. The van der Waals surface area contributed by atoms with Crippen molar-refractivity contribution in [1.82, 2.24) is 9.80 Å². The van der Waals surface area contributed by atoms with Crippen LogP contribution < -0.4 is 5.73 Å². The summed E-state index contributed by atoms with van der Waals surface area (Å²) in [7, 11) is 0. The SMILES string of the molecule is CC(c1cccc(F)c1)(C(C1CCN(Cc2ccccc2)CC1)N1CC(O)C1)[C@H]1CCC[C@@H]1OC(N)=O. The minimum atomic E-state index is -0.747. The van der Waals surface area contributed by atoms with Gasteiger partial charge in [-0.2, -0.15) is 0 Å². The molecule has 2 aromatic rings. The van der Waals surface area contributed by atoms with E-state index in [-0.39, 0.29) is 30.0 Å². The molecule has 3 N–H and O–H groups in total. The monoisotopic (exact) mass is 509 g/mol. The van der Waals surface area contributed by atoms with E-state index in [2.05, 4.69) is 41.0 Å². The van der Waals surface area contributed by atoms with Crippen LogP contribution in [0.1, 0.15) is 50.2 Å². The number of likely N-dealkylation sites (tertiary alicyclic amines) is 2. The van der Waals surface area contributed by atoms with Gasteiger partial charge in [-0.15, -0.1) is 0 Å². The highest BCUT2D eigenvalue weighted by Gasteiger charge is 2.55. The van der Waals surface area contributed by atoms with E-state index in [0.717, 1.165) is 57.3 Å². The Morgan fingerprint density at radius 2 is 1.84 bits per heavy atom. The largest absolute Gasteiger partial charge is 0.446 e. The highest BCUT2D eigenvalue weighted by atomic mass is 19.1. The lowest BCUT2D eigenvalue weighted by atomic mass is 9.60. The van der Waals surface area contributed by atoms with Gasteiger partial charge in [0.1, 0.15) is 11.9 Å². The van der Waals surface area contributed by atoms with E-state index in [0.29, 0.717) is 19.0 Å². The molecule has 200 valence electrons. The number of nitrogens with zero attached hydrogens (tertiary/aromatic N) is 2. The number of halogens is 1. The Labute approximate surface area is 219 Å². The fourth-order valence-electron chi connectivity index (χ4n) is 7.48. The van der Waals surface area contributed by atoms with Gasteiger partial charge < -0.3 is 15.6 Å². The highest BCUT2D eigenvalue weighted by molar-refractivity contribution is 5.65. The second-order valence-electron chi connectivity index (χ2n) is 11.5. The zero-order valence-electron chi connectivity index (χ0n) is 21.8. The summed E-state index contributed by atoms with van der Waals surface area (Å²) < 4.78 is 20.3. The lowest BCUT2D eigenvalue weighted by Gasteiger charge is -2.57. The van der Waals surface area contributed by atoms with E-state index in [9.17, 15) is 14.3 Å². The number of hydrogen-bond donors (Lipinski definition) is 2. The van der Waals surface area contributed by atoms with E-state index in [1.54, 1.807) is 12.1 Å². The molecule has 6 nitrogen and oxygen atoms in total. The Bertz CT molecular complexity index is 1060. The smallest absolute Gasteiger partial charge is 0.404 e. The van der Waals surface area contributed by atoms with Gasteiger partial charge in [0.15, 0.2) is 0 Å². The summed E-state index contributed by atoms with van der Waals surface area (Å²) >= 11 is 0. The first-order chi connectivity index (χ1) is 17.8. The third-order valence-electron chi connectivity index (χ3n) is 9.16. The molecule has 0 aromatic heterocycles. The summed E-state index contributed by atoms with van der Waals surface area (Å²) in [5, 5.41) is 10.3. The lowest BCUT2D eigenvalue weighted by molar-refractivity contribution is -0.0893. The molecular weight excluding hydrogens is 469 g/mol. The van der Waals surface area contributed by atoms with Gasteiger partial charge in [0.2, 0.25) is 0 Å². The molecule has 3 aliphatic rings. The number of benzene rings is 2. The average molecular weight is 510 g/mol. The molecule has 2 unspecified atom stereocenters. The Hall–Kier alpha value is -2.48. The van der Waals surface area contributed by atoms with Gasteiger partial charge in [-0.1, -0.05) is 49.4 Å². The molecule has 2 aromatic carbocycles. The molecule has 2 aliphatic heterocycles. The topological polar surface area (TPSA) is 79.0 Å². The van der Waals surface area contributed by atoms with Gasteiger partial charge in [-0.25, -0.2) is 9.18 Å². The summed E-state index contributed by atoms with van der Waals surface area (Å²) in [6.45, 7) is 6.41. The summed E-state index contributed by atoms with van der Waals surface area (Å²) in [5.74, 6) is 0.142. The van der Waals surface area contributed by atoms with E-state index in [1.807, 2.05) is 12.1 Å². The van der Waals surface area contributed by atoms with Crippen molar-refractivity contribution in [2.24, 2.45) is 17.6 Å². The number of hydrogen-bond acceptors (Lipinski definition) is 5. The normalized spacial score (nSPS) is 26.4. The zero-order chi connectivity index (χ0) is 26.0. The van der Waals surface area contributed by atoms with Crippen molar-refractivity contribution in [1.29, 1.82) is 0 Å². The lowest BCUT2D eigenvalue weighted by Crippen LogP contribution is -2.66. The standard InChI is InChI=1S/C30H40FN3O3/c1-30(23-9-5-10-24(31)17-23,26-11-6-12-27(26)37-29(32)36)28(34-19-25(35)20-34)22-13-15-33(16-14-22)18-21-7-3-2-4-8-21/h2-5,7-10,17,22,25-28,35H,6,11-16,18-20H2,1H3,(H2,32,36)/t26-,27-,28?,30?/m0/s1. The molecule has 37 heavy (non-hydrogen) atoms. The summed E-state index contributed by atoms with van der Waals surface area (Å²) in [4.78, 5) is 16.7. The zero-order valence-corrected chi connectivity index (χ0v) is 21.8. The molecule has 2 saturated heterocycles. The summed E-state index contributed by atoms with van der Waals surface area (Å²) in [6, 6.07) is 17.6. The molecule has 0 radical (unpaired) electrons. The molecule has 0 spiro atoms. The number of piperidine rings is 1. The van der Waals surface area contributed by atoms with E-state index >= 15 is 0 Å². The maximum atomic E-state index is 14.6. The van der Waals surface area contributed by atoms with Crippen molar-refractivity contribution in [3.63, 3.8) is 0 Å². The van der Waals surface area contributed by atoms with Crippen LogP contribution in [-0.4, -0.2) is 65.4 Å². The van der Waals surface area contributed by atoms with Crippen LogP contribution in [0.3, 0.4) is 0 Å². The number of carbonyl (C=O) groups is 1. The van der Waals surface area contributed by atoms with Crippen LogP contribution in [0.2, 0.25) is 0 Å². The first-order valence-electron chi connectivity index (χ1n) is 13.7. The molecule has 0 bridgehead atoms. The van der Waals surface area contributed by atoms with Crippen molar-refractivity contribution in [3.05, 3.63) is 71.5 Å². The third kappa shape index (κ3) is 5.54. The van der Waals surface area contributed by atoms with Gasteiger partial charge in [-0.05, 0) is 74.4 Å². The summed E-state index contributed by atoms with van der Waals surface area (Å²) in [5.41, 5.74) is 7.28. The van der Waals surface area contributed by atoms with Crippen LogP contribution in [0.4, 0.5) is 9.18 Å². The molecule has 5 rings (SSSR count). The van der Waals surface area contributed by atoms with Crippen molar-refractivity contribution in [3.8, 4) is 0 Å². The number of nitrogens with two attached hydrogens (primary N) is 1. The molecule has 1 saturated carbocycles. The van der Waals surface area contributed by atoms with Crippen LogP contribution >= 0.6 is 0 Å². The minimum absolute atomic E-state index is 0.0203. The highest BCUT2D eigenvalue weighted by Crippen LogP contribution is 2.51. The number of aliphatic hydroxyl groups excluding tert-OH is 1. The van der Waals surface area contributed by atoms with Crippen molar-refractivity contribution >= 4 is 6.09 Å². The van der Waals surface area contributed by atoms with Crippen molar-refractivity contribution in [2.75, 3.05) is 26.2 Å². The second-order valence-corrected chi connectivity index (χ2v) is 11.5. The van der Waals surface area contributed by atoms with Crippen LogP contribution in [0.15, 0.2) is 54.6 Å². The first kappa shape index (κ1) is 26.1. The average Bonchev–Trinajstić information content (AvgIpc) is 3.32. The third-order valence-corrected chi connectivity index (χ3v) is 9.16. The Morgan fingerprint density at radius 1 is 1.11 bits per heavy atom. The minimum Gasteiger partial charge on any atom is -0.446 e. The van der Waals surface area contributed by atoms with Gasteiger partial charge in [-0.3, -0.25) is 9.80 Å². The number of ether oxygens (including phenoxy) is 1. The fourth-order valence-corrected chi connectivity index (χ4v) is 7.48. The Balaban J connectivity index is 1.45. The number of primary amides is 1. The molecular formula is C30H40FN3O3. The van der Waals surface area contributed by atoms with Gasteiger partial charge >= 0.3 is 6.09 Å². The van der Waals surface area contributed by atoms with Gasteiger partial charge in [0, 0.05) is 37.0 Å². The van der Waals surface area contributed by atoms with E-state index in [4.69, 9.17) is 10.5 Å². The quantitative estimate of drug-likeness (QED) is 0.555. The van der Waals surface area contributed by atoms with Crippen molar-refractivity contribution < 1.29 is 19.0 Å². The molecule has 7 heteroatoms. The molecule has 3 fully saturated rings. The Kier molecular flexibility index (Phi) is 7.84. The Morgan fingerprint density at radius 3 is 2.49 bits per heavy atom. The molecule has 1 amide bonds. The molecule has 1 aliphatic carbocycles. The van der Waals surface area contributed by atoms with Crippen LogP contribution in [0.5, 0.6) is 0 Å².